The highest BCUT2D eigenvalue weighted by molar-refractivity contribution is 6.30. The summed E-state index contributed by atoms with van der Waals surface area (Å²) in [7, 11) is 1.97. The number of nitrogens with zero attached hydrogens (tertiary/aromatic N) is 1. The maximum atomic E-state index is 12.7. The lowest BCUT2D eigenvalue weighted by atomic mass is 9.79. The van der Waals surface area contributed by atoms with E-state index < -0.39 is 11.4 Å². The minimum Gasteiger partial charge on any atom is -0.481 e. The molecule has 3 aromatic rings. The van der Waals surface area contributed by atoms with E-state index in [1.807, 2.05) is 49.0 Å². The summed E-state index contributed by atoms with van der Waals surface area (Å²) in [4.78, 5) is 24.6. The number of halogens is 1. The van der Waals surface area contributed by atoms with Crippen LogP contribution in [0.25, 0.3) is 10.9 Å². The van der Waals surface area contributed by atoms with Gasteiger partial charge in [0.05, 0.1) is 11.5 Å². The highest BCUT2D eigenvalue weighted by Crippen LogP contribution is 2.30. The fraction of sp³-hybridized carbons (Fsp3) is 0.273. The van der Waals surface area contributed by atoms with Gasteiger partial charge in [-0.2, -0.15) is 0 Å². The standard InChI is InChI=1S/C22H23ClN2O3/c1-14(16-5-4-15-10-11-25(3)19(15)12-16)24-20(26)13-22(2,21(27)28)17-6-8-18(23)9-7-17/h4-12,14H,13H2,1-3H3,(H,24,26)(H,27,28). The second-order valence-corrected chi connectivity index (χ2v) is 7.79. The van der Waals surface area contributed by atoms with E-state index in [9.17, 15) is 14.7 Å². The first-order valence-electron chi connectivity index (χ1n) is 9.04. The van der Waals surface area contributed by atoms with Crippen LogP contribution in [0.1, 0.15) is 37.4 Å². The van der Waals surface area contributed by atoms with Crippen LogP contribution < -0.4 is 5.32 Å². The van der Waals surface area contributed by atoms with Crippen molar-refractivity contribution in [3.8, 4) is 0 Å². The van der Waals surface area contributed by atoms with Crippen molar-refractivity contribution in [1.82, 2.24) is 9.88 Å². The lowest BCUT2D eigenvalue weighted by Crippen LogP contribution is -2.39. The molecule has 1 amide bonds. The van der Waals surface area contributed by atoms with E-state index in [2.05, 4.69) is 5.32 Å². The number of amides is 1. The van der Waals surface area contributed by atoms with Gasteiger partial charge in [-0.25, -0.2) is 0 Å². The Morgan fingerprint density at radius 3 is 2.50 bits per heavy atom. The maximum Gasteiger partial charge on any atom is 0.314 e. The molecular weight excluding hydrogens is 376 g/mol. The van der Waals surface area contributed by atoms with Crippen LogP contribution in [0.4, 0.5) is 0 Å². The first kappa shape index (κ1) is 20.0. The molecular formula is C22H23ClN2O3. The van der Waals surface area contributed by atoms with Gasteiger partial charge < -0.3 is 15.0 Å². The predicted molar refractivity (Wildman–Crippen MR) is 111 cm³/mol. The van der Waals surface area contributed by atoms with Gasteiger partial charge in [0.2, 0.25) is 5.91 Å². The Labute approximate surface area is 168 Å². The fourth-order valence-corrected chi connectivity index (χ4v) is 3.49. The summed E-state index contributed by atoms with van der Waals surface area (Å²) in [6, 6.07) is 14.4. The van der Waals surface area contributed by atoms with Crippen LogP contribution >= 0.6 is 11.6 Å². The largest absolute Gasteiger partial charge is 0.481 e. The second kappa shape index (κ2) is 7.68. The van der Waals surface area contributed by atoms with Gasteiger partial charge in [0.25, 0.3) is 0 Å². The smallest absolute Gasteiger partial charge is 0.314 e. The molecule has 0 spiro atoms. The molecule has 0 aliphatic carbocycles. The van der Waals surface area contributed by atoms with Crippen LogP contribution in [0, 0.1) is 0 Å². The van der Waals surface area contributed by atoms with E-state index in [1.165, 1.54) is 0 Å². The lowest BCUT2D eigenvalue weighted by Gasteiger charge is -2.26. The van der Waals surface area contributed by atoms with E-state index >= 15 is 0 Å². The third-order valence-electron chi connectivity index (χ3n) is 5.26. The molecule has 2 aromatic carbocycles. The molecule has 5 nitrogen and oxygen atoms in total. The summed E-state index contributed by atoms with van der Waals surface area (Å²) in [5, 5.41) is 14.3. The van der Waals surface area contributed by atoms with Crippen LogP contribution in [0.2, 0.25) is 5.02 Å². The molecule has 28 heavy (non-hydrogen) atoms. The molecule has 1 heterocycles. The van der Waals surface area contributed by atoms with Crippen LogP contribution in [0.3, 0.4) is 0 Å². The molecule has 2 unspecified atom stereocenters. The first-order valence-corrected chi connectivity index (χ1v) is 9.42. The summed E-state index contributed by atoms with van der Waals surface area (Å²) in [6.07, 6.45) is 1.82. The molecule has 0 fully saturated rings. The third kappa shape index (κ3) is 3.90. The molecule has 146 valence electrons. The summed E-state index contributed by atoms with van der Waals surface area (Å²) in [5.41, 5.74) is 1.25. The van der Waals surface area contributed by atoms with E-state index in [0.717, 1.165) is 16.5 Å². The Hall–Kier alpha value is -2.79. The number of rotatable bonds is 6. The summed E-state index contributed by atoms with van der Waals surface area (Å²) < 4.78 is 2.02. The van der Waals surface area contributed by atoms with Gasteiger partial charge in [-0.1, -0.05) is 35.9 Å². The second-order valence-electron chi connectivity index (χ2n) is 7.36. The average molecular weight is 399 g/mol. The highest BCUT2D eigenvalue weighted by Gasteiger charge is 2.37. The Kier molecular flexibility index (Phi) is 5.47. The molecule has 3 rings (SSSR count). The van der Waals surface area contributed by atoms with Crippen LogP contribution in [-0.4, -0.2) is 21.6 Å². The number of hydrogen-bond donors (Lipinski definition) is 2. The van der Waals surface area contributed by atoms with E-state index in [0.29, 0.717) is 10.6 Å². The topological polar surface area (TPSA) is 71.3 Å². The molecule has 2 N–H and O–H groups in total. The van der Waals surface area contributed by atoms with Crippen molar-refractivity contribution in [2.24, 2.45) is 7.05 Å². The molecule has 0 bridgehead atoms. The number of aromatic nitrogens is 1. The predicted octanol–water partition coefficient (Wildman–Crippen LogP) is 4.44. The lowest BCUT2D eigenvalue weighted by molar-refractivity contribution is -0.145. The molecule has 1 aromatic heterocycles. The number of aryl methyl sites for hydroxylation is 1. The molecule has 2 atom stereocenters. The van der Waals surface area contributed by atoms with Crippen LogP contribution in [-0.2, 0) is 22.1 Å². The Morgan fingerprint density at radius 2 is 1.86 bits per heavy atom. The van der Waals surface area contributed by atoms with Crippen LogP contribution in [0.5, 0.6) is 0 Å². The Morgan fingerprint density at radius 1 is 1.18 bits per heavy atom. The first-order chi connectivity index (χ1) is 13.2. The number of benzene rings is 2. The zero-order chi connectivity index (χ0) is 20.5. The van der Waals surface area contributed by atoms with Crippen molar-refractivity contribution in [2.75, 3.05) is 0 Å². The number of carboxylic acid groups (broad SMARTS) is 1. The normalized spacial score (nSPS) is 14.4. The van der Waals surface area contributed by atoms with Gasteiger partial charge in [0.15, 0.2) is 0 Å². The van der Waals surface area contributed by atoms with E-state index in [4.69, 9.17) is 11.6 Å². The highest BCUT2D eigenvalue weighted by atomic mass is 35.5. The van der Waals surface area contributed by atoms with Crippen molar-refractivity contribution < 1.29 is 14.7 Å². The number of hydrogen-bond acceptors (Lipinski definition) is 2. The Balaban J connectivity index is 1.77. The van der Waals surface area contributed by atoms with Crippen molar-refractivity contribution in [3.63, 3.8) is 0 Å². The van der Waals surface area contributed by atoms with E-state index in [-0.39, 0.29) is 18.4 Å². The summed E-state index contributed by atoms with van der Waals surface area (Å²) in [5.74, 6) is -1.37. The minimum absolute atomic E-state index is 0.166. The summed E-state index contributed by atoms with van der Waals surface area (Å²) in [6.45, 7) is 3.45. The average Bonchev–Trinajstić information content (AvgIpc) is 3.02. The number of carbonyl (C=O) groups excluding carboxylic acids is 1. The zero-order valence-corrected chi connectivity index (χ0v) is 16.8. The molecule has 6 heteroatoms. The monoisotopic (exact) mass is 398 g/mol. The van der Waals surface area contributed by atoms with Crippen molar-refractivity contribution in [3.05, 3.63) is 70.9 Å². The SMILES string of the molecule is CC(NC(=O)CC(C)(C(=O)O)c1ccc(Cl)cc1)c1ccc2ccn(C)c2c1. The zero-order valence-electron chi connectivity index (χ0n) is 16.1. The number of fused-ring (bicyclic) bond motifs is 1. The summed E-state index contributed by atoms with van der Waals surface area (Å²) >= 11 is 5.90. The van der Waals surface area contributed by atoms with Gasteiger partial charge in [-0.3, -0.25) is 9.59 Å². The quantitative estimate of drug-likeness (QED) is 0.644. The number of aliphatic carboxylic acids is 1. The fourth-order valence-electron chi connectivity index (χ4n) is 3.36. The molecule has 0 saturated carbocycles. The van der Waals surface area contributed by atoms with Gasteiger partial charge in [-0.15, -0.1) is 0 Å². The van der Waals surface area contributed by atoms with Gasteiger partial charge >= 0.3 is 5.97 Å². The van der Waals surface area contributed by atoms with Crippen molar-refractivity contribution >= 4 is 34.4 Å². The van der Waals surface area contributed by atoms with Crippen LogP contribution in [0.15, 0.2) is 54.7 Å². The molecule has 0 saturated heterocycles. The van der Waals surface area contributed by atoms with E-state index in [1.54, 1.807) is 31.2 Å². The van der Waals surface area contributed by atoms with Gasteiger partial charge in [0, 0.05) is 30.2 Å². The molecule has 0 aliphatic heterocycles. The molecule has 0 aliphatic rings. The minimum atomic E-state index is -1.34. The molecule has 0 radical (unpaired) electrons. The van der Waals surface area contributed by atoms with Gasteiger partial charge in [-0.05, 0) is 54.6 Å². The maximum absolute atomic E-state index is 12.7. The van der Waals surface area contributed by atoms with Crippen molar-refractivity contribution in [2.45, 2.75) is 31.7 Å². The van der Waals surface area contributed by atoms with Gasteiger partial charge in [0.1, 0.15) is 0 Å². The third-order valence-corrected chi connectivity index (χ3v) is 5.51. The number of carboxylic acids is 1. The number of nitrogens with one attached hydrogen (secondary N) is 1. The Bertz CT molecular complexity index is 1030. The number of carbonyl (C=O) groups is 2. The van der Waals surface area contributed by atoms with Crippen molar-refractivity contribution in [1.29, 1.82) is 0 Å².